The van der Waals surface area contributed by atoms with Crippen LogP contribution in [0.25, 0.3) is 0 Å². The zero-order valence-corrected chi connectivity index (χ0v) is 11.4. The summed E-state index contributed by atoms with van der Waals surface area (Å²) in [6, 6.07) is 6.15. The van der Waals surface area contributed by atoms with Crippen LogP contribution in [0, 0.1) is 10.1 Å². The van der Waals surface area contributed by atoms with Gasteiger partial charge in [-0.1, -0.05) is 30.3 Å². The smallest absolute Gasteiger partial charge is 0.387 e. The van der Waals surface area contributed by atoms with Crippen LogP contribution in [0.1, 0.15) is 30.9 Å². The molecule has 1 aromatic rings. The van der Waals surface area contributed by atoms with Crippen molar-refractivity contribution in [2.45, 2.75) is 37.7 Å². The largest absolute Gasteiger partial charge is 0.431 e. The third-order valence-electron chi connectivity index (χ3n) is 3.29. The lowest BCUT2D eigenvalue weighted by Crippen LogP contribution is -2.40. The van der Waals surface area contributed by atoms with Gasteiger partial charge in [0, 0.05) is 11.3 Å². The van der Waals surface area contributed by atoms with Crippen LogP contribution in [0.15, 0.2) is 30.3 Å². The summed E-state index contributed by atoms with van der Waals surface area (Å²) >= 11 is 0. The van der Waals surface area contributed by atoms with Crippen LogP contribution in [-0.4, -0.2) is 34.9 Å². The first-order chi connectivity index (χ1) is 10.1. The van der Waals surface area contributed by atoms with E-state index in [-0.39, 0.29) is 0 Å². The van der Waals surface area contributed by atoms with Crippen molar-refractivity contribution >= 4 is 5.97 Å². The van der Waals surface area contributed by atoms with Crippen molar-refractivity contribution in [1.29, 1.82) is 0 Å². The van der Waals surface area contributed by atoms with E-state index in [1.54, 1.807) is 18.2 Å². The number of esters is 1. The average molecular weight is 295 g/mol. The molecular weight excluding hydrogens is 278 g/mol. The van der Waals surface area contributed by atoms with E-state index in [1.807, 2.05) is 0 Å². The first kappa shape index (κ1) is 15.4. The van der Waals surface area contributed by atoms with Gasteiger partial charge < -0.3 is 14.6 Å². The van der Waals surface area contributed by atoms with Crippen molar-refractivity contribution in [2.24, 2.45) is 0 Å². The van der Waals surface area contributed by atoms with Crippen LogP contribution in [-0.2, 0) is 14.3 Å². The van der Waals surface area contributed by atoms with Gasteiger partial charge in [-0.15, -0.1) is 0 Å². The van der Waals surface area contributed by atoms with Gasteiger partial charge in [0.25, 0.3) is 0 Å². The quantitative estimate of drug-likeness (QED) is 0.501. The monoisotopic (exact) mass is 295 g/mol. The van der Waals surface area contributed by atoms with Crippen molar-refractivity contribution in [2.75, 3.05) is 6.61 Å². The Labute approximate surface area is 121 Å². The highest BCUT2D eigenvalue weighted by Crippen LogP contribution is 2.22. The normalized spacial score (nSPS) is 21.3. The second-order valence-corrected chi connectivity index (χ2v) is 4.82. The Morgan fingerprint density at radius 1 is 1.38 bits per heavy atom. The van der Waals surface area contributed by atoms with E-state index in [4.69, 9.17) is 9.47 Å². The molecule has 7 heteroatoms. The molecule has 1 saturated heterocycles. The molecule has 1 N–H and O–H groups in total. The number of hydrogen-bond donors (Lipinski definition) is 1. The fourth-order valence-electron chi connectivity index (χ4n) is 2.17. The number of benzene rings is 1. The van der Waals surface area contributed by atoms with Crippen LogP contribution in [0.4, 0.5) is 0 Å². The minimum Gasteiger partial charge on any atom is -0.431 e. The van der Waals surface area contributed by atoms with Gasteiger partial charge in [-0.3, -0.25) is 10.1 Å². The Morgan fingerprint density at radius 3 is 2.67 bits per heavy atom. The maximum absolute atomic E-state index is 12.0. The van der Waals surface area contributed by atoms with Gasteiger partial charge in [0.05, 0.1) is 6.61 Å². The molecule has 0 amide bonds. The van der Waals surface area contributed by atoms with E-state index in [1.165, 1.54) is 12.1 Å². The molecule has 0 aliphatic carbocycles. The van der Waals surface area contributed by atoms with Gasteiger partial charge in [0.1, 0.15) is 0 Å². The van der Waals surface area contributed by atoms with E-state index in [2.05, 4.69) is 0 Å². The molecule has 1 aromatic carbocycles. The first-order valence-electron chi connectivity index (χ1n) is 6.78. The number of ether oxygens (including phenoxy) is 2. The van der Waals surface area contributed by atoms with Crippen molar-refractivity contribution < 1.29 is 24.3 Å². The molecule has 1 heterocycles. The lowest BCUT2D eigenvalue weighted by molar-refractivity contribution is -0.524. The van der Waals surface area contributed by atoms with Gasteiger partial charge in [0.15, 0.2) is 6.10 Å². The van der Waals surface area contributed by atoms with E-state index in [9.17, 15) is 20.0 Å². The highest BCUT2D eigenvalue weighted by Gasteiger charge is 2.41. The van der Waals surface area contributed by atoms with Gasteiger partial charge in [0.2, 0.25) is 6.29 Å². The molecular formula is C14H17NO6. The third kappa shape index (κ3) is 3.99. The summed E-state index contributed by atoms with van der Waals surface area (Å²) < 4.78 is 10.2. The van der Waals surface area contributed by atoms with Gasteiger partial charge in [-0.2, -0.15) is 0 Å². The van der Waals surface area contributed by atoms with Crippen molar-refractivity contribution in [3.8, 4) is 0 Å². The lowest BCUT2D eigenvalue weighted by atomic mass is 10.0. The van der Waals surface area contributed by atoms with E-state index < -0.39 is 29.3 Å². The minimum absolute atomic E-state index is 0.292. The fourth-order valence-corrected chi connectivity index (χ4v) is 2.17. The highest BCUT2D eigenvalue weighted by atomic mass is 16.7. The number of nitrogens with zero attached hydrogens (tertiary/aromatic N) is 1. The topological polar surface area (TPSA) is 98.9 Å². The number of carbonyl (C=O) groups excluding carboxylic acids is 1. The summed E-state index contributed by atoms with van der Waals surface area (Å²) in [4.78, 5) is 22.2. The van der Waals surface area contributed by atoms with Crippen LogP contribution in [0.5, 0.6) is 0 Å². The molecule has 1 aliphatic heterocycles. The van der Waals surface area contributed by atoms with Gasteiger partial charge in [-0.25, -0.2) is 4.79 Å². The van der Waals surface area contributed by atoms with Gasteiger partial charge >= 0.3 is 12.0 Å². The second-order valence-electron chi connectivity index (χ2n) is 4.82. The van der Waals surface area contributed by atoms with Crippen molar-refractivity contribution in [1.82, 2.24) is 0 Å². The molecule has 7 nitrogen and oxygen atoms in total. The Hall–Kier alpha value is -1.99. The average Bonchev–Trinajstić information content (AvgIpc) is 2.49. The van der Waals surface area contributed by atoms with Crippen LogP contribution in [0.2, 0.25) is 0 Å². The molecule has 2 rings (SSSR count). The first-order valence-corrected chi connectivity index (χ1v) is 6.78. The standard InChI is InChI=1S/C14H17NO6/c16-13(10-6-2-1-3-7-10)12(15(18)19)14(17)21-11-8-4-5-9-20-11/h1-3,6-7,11-13,16H,4-5,8-9H2. The Morgan fingerprint density at radius 2 is 2.10 bits per heavy atom. The molecule has 3 atom stereocenters. The second kappa shape index (κ2) is 7.14. The number of carbonyl (C=O) groups is 1. The molecule has 0 bridgehead atoms. The Bertz CT molecular complexity index is 485. The number of rotatable bonds is 5. The molecule has 1 fully saturated rings. The summed E-state index contributed by atoms with van der Waals surface area (Å²) in [5, 5.41) is 21.2. The minimum atomic E-state index is -1.86. The molecule has 0 aromatic heterocycles. The van der Waals surface area contributed by atoms with Crippen molar-refractivity contribution in [3.05, 3.63) is 46.0 Å². The molecule has 0 radical (unpaired) electrons. The van der Waals surface area contributed by atoms with Crippen LogP contribution >= 0.6 is 0 Å². The molecule has 3 unspecified atom stereocenters. The van der Waals surface area contributed by atoms with E-state index >= 15 is 0 Å². The number of aliphatic hydroxyl groups excluding tert-OH is 1. The van der Waals surface area contributed by atoms with Gasteiger partial charge in [-0.05, 0) is 18.4 Å². The zero-order valence-electron chi connectivity index (χ0n) is 11.4. The summed E-state index contributed by atoms with van der Waals surface area (Å²) in [5.74, 6) is -1.08. The summed E-state index contributed by atoms with van der Waals surface area (Å²) in [5.41, 5.74) is 0.292. The predicted octanol–water partition coefficient (Wildman–Crippen LogP) is 1.44. The Kier molecular flexibility index (Phi) is 5.24. The predicted molar refractivity (Wildman–Crippen MR) is 71.9 cm³/mol. The van der Waals surface area contributed by atoms with Crippen molar-refractivity contribution in [3.63, 3.8) is 0 Å². The van der Waals surface area contributed by atoms with Crippen LogP contribution in [0.3, 0.4) is 0 Å². The fraction of sp³-hybridized carbons (Fsp3) is 0.500. The Balaban J connectivity index is 2.07. The molecule has 0 spiro atoms. The number of hydrogen-bond acceptors (Lipinski definition) is 6. The summed E-state index contributed by atoms with van der Waals surface area (Å²) in [6.07, 6.45) is -0.104. The molecule has 0 saturated carbocycles. The summed E-state index contributed by atoms with van der Waals surface area (Å²) in [6.45, 7) is 0.461. The summed E-state index contributed by atoms with van der Waals surface area (Å²) in [7, 11) is 0. The zero-order chi connectivity index (χ0) is 15.2. The third-order valence-corrected chi connectivity index (χ3v) is 3.29. The highest BCUT2D eigenvalue weighted by molar-refractivity contribution is 5.75. The lowest BCUT2D eigenvalue weighted by Gasteiger charge is -2.23. The maximum Gasteiger partial charge on any atom is 0.387 e. The van der Waals surface area contributed by atoms with E-state index in [0.29, 0.717) is 18.6 Å². The molecule has 1 aliphatic rings. The molecule has 114 valence electrons. The molecule has 21 heavy (non-hydrogen) atoms. The SMILES string of the molecule is O=C(OC1CCCCO1)C(C(O)c1ccccc1)[N+](=O)[O-]. The number of nitro groups is 1. The number of aliphatic hydroxyl groups is 1. The van der Waals surface area contributed by atoms with Crippen LogP contribution < -0.4 is 0 Å². The maximum atomic E-state index is 12.0. The van der Waals surface area contributed by atoms with E-state index in [0.717, 1.165) is 12.8 Å².